The van der Waals surface area contributed by atoms with Crippen LogP contribution in [0.5, 0.6) is 0 Å². The highest BCUT2D eigenvalue weighted by Crippen LogP contribution is 2.43. The van der Waals surface area contributed by atoms with E-state index in [2.05, 4.69) is 139 Å². The Kier molecular flexibility index (Phi) is 22.9. The zero-order valence-electron chi connectivity index (χ0n) is 58.2. The van der Waals surface area contributed by atoms with Gasteiger partial charge in [0, 0.05) is 120 Å². The number of hydrogen-bond donors (Lipinski definition) is 16. The molecule has 0 saturated heterocycles. The molecular weight excluding hydrogens is 1500 g/mol. The fourth-order valence-corrected chi connectivity index (χ4v) is 12.8. The molecule has 8 heterocycles. The van der Waals surface area contributed by atoms with E-state index in [9.17, 15) is 13.2 Å². The molecule has 107 heavy (non-hydrogen) atoms. The molecule has 8 aromatic heterocycles. The molecule has 4 atom stereocenters. The normalized spacial score (nSPS) is 14.8. The average molecular weight is 1580 g/mol. The first-order valence-corrected chi connectivity index (χ1v) is 36.5. The molecule has 12 aromatic rings. The first-order chi connectivity index (χ1) is 51.5. The van der Waals surface area contributed by atoms with Crippen molar-refractivity contribution in [1.82, 2.24) is 80.7 Å². The maximum atomic E-state index is 14.2. The van der Waals surface area contributed by atoms with Gasteiger partial charge >= 0.3 is 0 Å². The lowest BCUT2D eigenvalue weighted by Gasteiger charge is -2.17. The third-order valence-electron chi connectivity index (χ3n) is 17.6. The predicted molar refractivity (Wildman–Crippen MR) is 418 cm³/mol. The maximum Gasteiger partial charge on any atom is 0.223 e. The van der Waals surface area contributed by atoms with Crippen LogP contribution < -0.4 is 65.5 Å². The Hall–Kier alpha value is -11.2. The van der Waals surface area contributed by atoms with E-state index in [1.165, 1.54) is 81.7 Å². The van der Waals surface area contributed by atoms with Gasteiger partial charge in [-0.05, 0) is 138 Å². The summed E-state index contributed by atoms with van der Waals surface area (Å²) >= 11 is 21.8. The second-order valence-corrected chi connectivity index (χ2v) is 28.5. The summed E-state index contributed by atoms with van der Waals surface area (Å²) < 4.78 is 41.4. The number of aromatic amines is 4. The van der Waals surface area contributed by atoms with Crippen molar-refractivity contribution in [2.75, 3.05) is 65.5 Å². The molecule has 20 N–H and O–H groups in total. The van der Waals surface area contributed by atoms with Gasteiger partial charge in [0.15, 0.2) is 23.3 Å². The standard InChI is InChI=1S/C18H19BrFN7.2C18H19ClFN7.C18H20ClN7/c1-9(12-5-4-11(19)6-13(12)20)22-15-8-16(25-18(21)24-15)23-17-7-14(26-27-17)10-2-3-10;2*1-9(12-5-4-11(20)6-13(12)19)22-15-8-16(25-18(21)24-15)23-17-7-14(26-27-17)10-2-3-10;1-10(12-4-2-3-5-13(12)19)21-15-9-16(24-18(20)23-15)22-17-8-14(25-26-17)11-6-7-11/h3*4-10H,2-3H2,1H3,(H5,21,22,23,24,25,26,27);2-5,8-11H,6-7H2,1H3,(H5,20,21,22,23,24,25,26)/t;2*9-;/m.10./s1. The lowest BCUT2D eigenvalue weighted by Crippen LogP contribution is -2.11. The Morgan fingerprint density at radius 2 is 0.626 bits per heavy atom. The third-order valence-corrected chi connectivity index (χ3v) is 19.1. The Bertz CT molecular complexity index is 4710. The molecule has 28 nitrogen and oxygen atoms in total. The third kappa shape index (κ3) is 20.6. The Labute approximate surface area is 636 Å². The van der Waals surface area contributed by atoms with E-state index in [4.69, 9.17) is 57.7 Å². The molecule has 4 fully saturated rings. The number of nitrogen functional groups attached to an aromatic ring is 4. The zero-order chi connectivity index (χ0) is 75.0. The highest BCUT2D eigenvalue weighted by atomic mass is 79.9. The van der Waals surface area contributed by atoms with Crippen LogP contribution in [0, 0.1) is 17.5 Å². The summed E-state index contributed by atoms with van der Waals surface area (Å²) in [4.78, 5) is 33.7. The number of nitrogens with zero attached hydrogens (tertiary/aromatic N) is 12. The topological polar surface area (TPSA) is 418 Å². The fraction of sp³-hybridized carbons (Fsp3) is 0.278. The minimum atomic E-state index is -0.377. The van der Waals surface area contributed by atoms with Crippen molar-refractivity contribution in [1.29, 1.82) is 0 Å². The van der Waals surface area contributed by atoms with E-state index in [0.29, 0.717) is 113 Å². The summed E-state index contributed by atoms with van der Waals surface area (Å²) in [5.41, 5.74) is 30.9. The van der Waals surface area contributed by atoms with Gasteiger partial charge in [0.05, 0.1) is 24.2 Å². The van der Waals surface area contributed by atoms with E-state index in [1.807, 2.05) is 76.2 Å². The predicted octanol–water partition coefficient (Wildman–Crippen LogP) is 17.4. The second-order valence-electron chi connectivity index (χ2n) is 26.4. The molecular formula is C72H77BrCl3F3N28. The summed E-state index contributed by atoms with van der Waals surface area (Å²) in [5, 5.41) is 56.1. The molecule has 0 amide bonds. The van der Waals surface area contributed by atoms with Gasteiger partial charge < -0.3 is 65.5 Å². The van der Waals surface area contributed by atoms with Gasteiger partial charge in [-0.1, -0.05) is 87.1 Å². The number of anilines is 16. The van der Waals surface area contributed by atoms with E-state index in [0.717, 1.165) is 45.3 Å². The van der Waals surface area contributed by atoms with Crippen LogP contribution >= 0.6 is 50.7 Å². The highest BCUT2D eigenvalue weighted by molar-refractivity contribution is 9.10. The molecule has 0 spiro atoms. The van der Waals surface area contributed by atoms with Gasteiger partial charge in [0.25, 0.3) is 0 Å². The molecule has 4 aliphatic rings. The summed E-state index contributed by atoms with van der Waals surface area (Å²) in [6.07, 6.45) is 9.60. The van der Waals surface area contributed by atoms with Crippen LogP contribution in [0.2, 0.25) is 15.1 Å². The maximum absolute atomic E-state index is 14.2. The number of aromatic nitrogens is 16. The summed E-state index contributed by atoms with van der Waals surface area (Å²) in [6.45, 7) is 7.68. The van der Waals surface area contributed by atoms with Gasteiger partial charge in [-0.2, -0.15) is 60.3 Å². The van der Waals surface area contributed by atoms with Crippen LogP contribution in [0.25, 0.3) is 0 Å². The summed E-state index contributed by atoms with van der Waals surface area (Å²) in [5.74, 6) is 8.92. The van der Waals surface area contributed by atoms with Gasteiger partial charge in [-0.25, -0.2) is 13.2 Å². The van der Waals surface area contributed by atoms with Crippen LogP contribution in [0.1, 0.15) is 172 Å². The molecule has 4 aromatic carbocycles. The number of benzene rings is 4. The molecule has 35 heteroatoms. The molecule has 0 radical (unpaired) electrons. The first kappa shape index (κ1) is 74.1. The van der Waals surface area contributed by atoms with Crippen molar-refractivity contribution in [2.24, 2.45) is 0 Å². The monoisotopic (exact) mass is 1570 g/mol. The molecule has 4 aliphatic carbocycles. The van der Waals surface area contributed by atoms with Crippen molar-refractivity contribution >= 4 is 144 Å². The number of nitrogens with two attached hydrogens (primary N) is 4. The minimum Gasteiger partial charge on any atom is -0.368 e. The van der Waals surface area contributed by atoms with Gasteiger partial charge in [-0.15, -0.1) is 0 Å². The van der Waals surface area contributed by atoms with Gasteiger partial charge in [0.1, 0.15) is 64.0 Å². The number of hydrogen-bond acceptors (Lipinski definition) is 24. The van der Waals surface area contributed by atoms with Crippen molar-refractivity contribution in [2.45, 2.75) is 127 Å². The number of halogens is 7. The fourth-order valence-electron chi connectivity index (χ4n) is 11.5. The van der Waals surface area contributed by atoms with Crippen molar-refractivity contribution in [3.8, 4) is 0 Å². The molecule has 0 bridgehead atoms. The van der Waals surface area contributed by atoms with Crippen molar-refractivity contribution in [3.05, 3.63) is 209 Å². The molecule has 0 aliphatic heterocycles. The van der Waals surface area contributed by atoms with Crippen LogP contribution in [0.4, 0.5) is 107 Å². The van der Waals surface area contributed by atoms with Crippen LogP contribution in [-0.4, -0.2) is 80.7 Å². The molecule has 2 unspecified atom stereocenters. The zero-order valence-corrected chi connectivity index (χ0v) is 62.1. The minimum absolute atomic E-state index is 0.0299. The lowest BCUT2D eigenvalue weighted by atomic mass is 10.1. The van der Waals surface area contributed by atoms with Crippen LogP contribution in [0.3, 0.4) is 0 Å². The smallest absolute Gasteiger partial charge is 0.223 e. The molecule has 16 rings (SSSR count). The number of H-pyrrole nitrogens is 4. The SMILES string of the molecule is CC(Nc1cc(Nc2cc(C3CC3)[nH]n2)nc(N)n1)c1ccc(Br)cc1F.CC(Nc1cc(Nc2cc(C3CC3)[nH]n2)nc(N)n1)c1ccccc1Cl.C[C@@H](Nc1cc(Nc2cc(C3CC3)[nH]n2)nc(N)n1)c1ccc(F)cc1Cl.C[C@H](Nc1cc(Nc2cc(C3CC3)[nH]n2)nc(N)n1)c1ccc(F)cc1Cl. The van der Waals surface area contributed by atoms with E-state index < -0.39 is 0 Å². The van der Waals surface area contributed by atoms with E-state index in [-0.39, 0.29) is 65.4 Å². The summed E-state index contributed by atoms with van der Waals surface area (Å²) in [6, 6.07) is 35.4. The quantitative estimate of drug-likeness (QED) is 0.0267. The Morgan fingerprint density at radius 1 is 0.346 bits per heavy atom. The first-order valence-electron chi connectivity index (χ1n) is 34.5. The van der Waals surface area contributed by atoms with Gasteiger partial charge in [0.2, 0.25) is 23.8 Å². The van der Waals surface area contributed by atoms with Crippen molar-refractivity contribution in [3.63, 3.8) is 0 Å². The Morgan fingerprint density at radius 3 is 0.916 bits per heavy atom. The lowest BCUT2D eigenvalue weighted by molar-refractivity contribution is 0.599. The number of rotatable bonds is 24. The second kappa shape index (κ2) is 33.1. The van der Waals surface area contributed by atoms with Crippen molar-refractivity contribution < 1.29 is 13.2 Å². The Balaban J connectivity index is 0.000000126. The average Bonchev–Trinajstić information content (AvgIpc) is 1.82. The van der Waals surface area contributed by atoms with E-state index >= 15 is 0 Å². The molecule has 554 valence electrons. The summed E-state index contributed by atoms with van der Waals surface area (Å²) in [7, 11) is 0. The largest absolute Gasteiger partial charge is 0.368 e. The number of nitrogens with one attached hydrogen (secondary N) is 12. The highest BCUT2D eigenvalue weighted by Gasteiger charge is 2.29. The van der Waals surface area contributed by atoms with Gasteiger partial charge in [-0.3, -0.25) is 20.4 Å². The van der Waals surface area contributed by atoms with E-state index in [1.54, 1.807) is 48.5 Å². The molecule has 4 saturated carbocycles. The van der Waals surface area contributed by atoms with Crippen LogP contribution in [0.15, 0.2) is 132 Å². The van der Waals surface area contributed by atoms with Crippen LogP contribution in [-0.2, 0) is 0 Å².